The summed E-state index contributed by atoms with van der Waals surface area (Å²) in [7, 11) is 1.65. The van der Waals surface area contributed by atoms with Crippen LogP contribution in [0.4, 0.5) is 0 Å². The first-order valence-electron chi connectivity index (χ1n) is 4.95. The Bertz CT molecular complexity index is 204. The zero-order chi connectivity index (χ0) is 11.1. The first-order chi connectivity index (χ1) is 6.58. The molecule has 14 heavy (non-hydrogen) atoms. The van der Waals surface area contributed by atoms with Crippen molar-refractivity contribution in [3.05, 3.63) is 0 Å². The Kier molecular flexibility index (Phi) is 6.12. The summed E-state index contributed by atoms with van der Waals surface area (Å²) in [6.45, 7) is 5.61. The standard InChI is InChI=1S/C10H19NO3/c1-5-8(12)7(3)9(11-4)10(13)14-6-2/h7,9,11H,5-6H2,1-4H3/t7-,9-/m1/s1. The molecule has 4 heteroatoms. The van der Waals surface area contributed by atoms with Crippen LogP contribution in [-0.2, 0) is 14.3 Å². The van der Waals surface area contributed by atoms with Crippen molar-refractivity contribution in [2.45, 2.75) is 33.2 Å². The number of Topliss-reactive ketones (excluding diaryl/α,β-unsaturated/α-hetero) is 1. The number of esters is 1. The Morgan fingerprint density at radius 3 is 2.29 bits per heavy atom. The van der Waals surface area contributed by atoms with Gasteiger partial charge in [-0.3, -0.25) is 9.59 Å². The van der Waals surface area contributed by atoms with Crippen LogP contribution in [0.1, 0.15) is 27.2 Å². The van der Waals surface area contributed by atoms with Gasteiger partial charge in [-0.2, -0.15) is 0 Å². The molecule has 0 spiro atoms. The van der Waals surface area contributed by atoms with Gasteiger partial charge in [-0.15, -0.1) is 0 Å². The van der Waals surface area contributed by atoms with Gasteiger partial charge in [0, 0.05) is 12.3 Å². The third-order valence-corrected chi connectivity index (χ3v) is 2.21. The molecule has 0 aromatic rings. The van der Waals surface area contributed by atoms with Crippen molar-refractivity contribution in [2.75, 3.05) is 13.7 Å². The summed E-state index contributed by atoms with van der Waals surface area (Å²) in [4.78, 5) is 22.8. The molecule has 4 nitrogen and oxygen atoms in total. The second-order valence-electron chi connectivity index (χ2n) is 3.13. The number of hydrogen-bond donors (Lipinski definition) is 1. The van der Waals surface area contributed by atoms with Crippen LogP contribution in [0.15, 0.2) is 0 Å². The van der Waals surface area contributed by atoms with Crippen molar-refractivity contribution < 1.29 is 14.3 Å². The van der Waals surface area contributed by atoms with Gasteiger partial charge < -0.3 is 10.1 Å². The molecule has 0 aliphatic carbocycles. The van der Waals surface area contributed by atoms with Crippen LogP contribution in [-0.4, -0.2) is 31.4 Å². The van der Waals surface area contributed by atoms with Crippen LogP contribution >= 0.6 is 0 Å². The summed E-state index contributed by atoms with van der Waals surface area (Å²) in [6, 6.07) is -0.526. The van der Waals surface area contributed by atoms with Gasteiger partial charge in [-0.05, 0) is 14.0 Å². The molecule has 82 valence electrons. The SMILES string of the molecule is CCOC(=O)[C@H](NC)[C@H](C)C(=O)CC. The maximum Gasteiger partial charge on any atom is 0.323 e. The minimum atomic E-state index is -0.526. The average Bonchev–Trinajstić information content (AvgIpc) is 2.18. The summed E-state index contributed by atoms with van der Waals surface area (Å²) < 4.78 is 4.86. The van der Waals surface area contributed by atoms with Crippen LogP contribution in [0.3, 0.4) is 0 Å². The van der Waals surface area contributed by atoms with Gasteiger partial charge in [0.2, 0.25) is 0 Å². The van der Waals surface area contributed by atoms with Crippen LogP contribution in [0, 0.1) is 5.92 Å². The summed E-state index contributed by atoms with van der Waals surface area (Å²) >= 11 is 0. The second-order valence-corrected chi connectivity index (χ2v) is 3.13. The lowest BCUT2D eigenvalue weighted by molar-refractivity contribution is -0.148. The highest BCUT2D eigenvalue weighted by molar-refractivity contribution is 5.88. The molecule has 0 aromatic carbocycles. The average molecular weight is 201 g/mol. The molecule has 0 rings (SSSR count). The largest absolute Gasteiger partial charge is 0.465 e. The Balaban J connectivity index is 4.39. The molecule has 0 radical (unpaired) electrons. The summed E-state index contributed by atoms with van der Waals surface area (Å²) in [5.41, 5.74) is 0. The summed E-state index contributed by atoms with van der Waals surface area (Å²) in [5, 5.41) is 2.81. The fourth-order valence-corrected chi connectivity index (χ4v) is 1.31. The van der Waals surface area contributed by atoms with E-state index in [0.717, 1.165) is 0 Å². The molecule has 0 saturated heterocycles. The van der Waals surface area contributed by atoms with Gasteiger partial charge >= 0.3 is 5.97 Å². The molecular weight excluding hydrogens is 182 g/mol. The van der Waals surface area contributed by atoms with Crippen molar-refractivity contribution in [1.82, 2.24) is 5.32 Å². The summed E-state index contributed by atoms with van der Waals surface area (Å²) in [6.07, 6.45) is 0.443. The van der Waals surface area contributed by atoms with E-state index < -0.39 is 6.04 Å². The quantitative estimate of drug-likeness (QED) is 0.644. The normalized spacial score (nSPS) is 14.6. The third-order valence-electron chi connectivity index (χ3n) is 2.21. The monoisotopic (exact) mass is 201 g/mol. The molecule has 0 aromatic heterocycles. The Morgan fingerprint density at radius 1 is 1.36 bits per heavy atom. The smallest absolute Gasteiger partial charge is 0.323 e. The van der Waals surface area contributed by atoms with E-state index >= 15 is 0 Å². The lowest BCUT2D eigenvalue weighted by Gasteiger charge is -2.20. The van der Waals surface area contributed by atoms with Gasteiger partial charge in [0.05, 0.1) is 6.61 Å². The number of ketones is 1. The highest BCUT2D eigenvalue weighted by Crippen LogP contribution is 2.08. The minimum Gasteiger partial charge on any atom is -0.465 e. The van der Waals surface area contributed by atoms with E-state index in [2.05, 4.69) is 5.32 Å². The second kappa shape index (κ2) is 6.54. The Hall–Kier alpha value is -0.900. The number of carbonyl (C=O) groups is 2. The molecule has 1 N–H and O–H groups in total. The van der Waals surface area contributed by atoms with Gasteiger partial charge in [-0.1, -0.05) is 13.8 Å². The molecule has 2 atom stereocenters. The van der Waals surface area contributed by atoms with Crippen molar-refractivity contribution in [2.24, 2.45) is 5.92 Å². The first kappa shape index (κ1) is 13.1. The van der Waals surface area contributed by atoms with E-state index in [1.807, 2.05) is 0 Å². The molecule has 0 aliphatic heterocycles. The highest BCUT2D eigenvalue weighted by atomic mass is 16.5. The van der Waals surface area contributed by atoms with Crippen LogP contribution in [0.5, 0.6) is 0 Å². The topological polar surface area (TPSA) is 55.4 Å². The lowest BCUT2D eigenvalue weighted by atomic mass is 9.96. The predicted octanol–water partition coefficient (Wildman–Crippen LogP) is 0.753. The molecular formula is C10H19NO3. The van der Waals surface area contributed by atoms with Crippen LogP contribution in [0.25, 0.3) is 0 Å². The highest BCUT2D eigenvalue weighted by Gasteiger charge is 2.28. The molecule has 0 amide bonds. The summed E-state index contributed by atoms with van der Waals surface area (Å²) in [5.74, 6) is -0.620. The van der Waals surface area contributed by atoms with Crippen molar-refractivity contribution >= 4 is 11.8 Å². The zero-order valence-corrected chi connectivity index (χ0v) is 9.29. The third kappa shape index (κ3) is 3.46. The fourth-order valence-electron chi connectivity index (χ4n) is 1.31. The molecule has 0 unspecified atom stereocenters. The maximum absolute atomic E-state index is 11.4. The van der Waals surface area contributed by atoms with E-state index in [0.29, 0.717) is 13.0 Å². The van der Waals surface area contributed by atoms with Crippen molar-refractivity contribution in [3.8, 4) is 0 Å². The Morgan fingerprint density at radius 2 is 1.93 bits per heavy atom. The van der Waals surface area contributed by atoms with Gasteiger partial charge in [-0.25, -0.2) is 0 Å². The Labute approximate surface area is 85.0 Å². The number of nitrogens with one attached hydrogen (secondary N) is 1. The molecule has 0 heterocycles. The number of likely N-dealkylation sites (N-methyl/N-ethyl adjacent to an activating group) is 1. The predicted molar refractivity (Wildman–Crippen MR) is 53.9 cm³/mol. The molecule has 0 saturated carbocycles. The van der Waals surface area contributed by atoms with E-state index in [9.17, 15) is 9.59 Å². The number of hydrogen-bond acceptors (Lipinski definition) is 4. The van der Waals surface area contributed by atoms with E-state index in [4.69, 9.17) is 4.74 Å². The van der Waals surface area contributed by atoms with Crippen LogP contribution in [0.2, 0.25) is 0 Å². The van der Waals surface area contributed by atoms with E-state index in [1.165, 1.54) is 0 Å². The van der Waals surface area contributed by atoms with Crippen LogP contribution < -0.4 is 5.32 Å². The lowest BCUT2D eigenvalue weighted by Crippen LogP contribution is -2.43. The number of ether oxygens (including phenoxy) is 1. The van der Waals surface area contributed by atoms with Crippen molar-refractivity contribution in [3.63, 3.8) is 0 Å². The molecule has 0 bridgehead atoms. The minimum absolute atomic E-state index is 0.0670. The van der Waals surface area contributed by atoms with Gasteiger partial charge in [0.1, 0.15) is 11.8 Å². The van der Waals surface area contributed by atoms with Crippen molar-refractivity contribution in [1.29, 1.82) is 0 Å². The van der Waals surface area contributed by atoms with Gasteiger partial charge in [0.25, 0.3) is 0 Å². The number of carbonyl (C=O) groups excluding carboxylic acids is 2. The maximum atomic E-state index is 11.4. The van der Waals surface area contributed by atoms with E-state index in [-0.39, 0.29) is 17.7 Å². The number of rotatable bonds is 6. The fraction of sp³-hybridized carbons (Fsp3) is 0.800. The molecule has 0 fully saturated rings. The molecule has 0 aliphatic rings. The zero-order valence-electron chi connectivity index (χ0n) is 9.29. The van der Waals surface area contributed by atoms with Gasteiger partial charge in [0.15, 0.2) is 0 Å². The van der Waals surface area contributed by atoms with E-state index in [1.54, 1.807) is 27.8 Å². The first-order valence-corrected chi connectivity index (χ1v) is 4.95.